The zero-order chi connectivity index (χ0) is 15.5. The molecule has 0 aliphatic carbocycles. The van der Waals surface area contributed by atoms with Crippen LogP contribution in [0.1, 0.15) is 5.56 Å². The van der Waals surface area contributed by atoms with Crippen LogP contribution >= 0.6 is 23.2 Å². The van der Waals surface area contributed by atoms with Gasteiger partial charge in [-0.15, -0.1) is 0 Å². The Morgan fingerprint density at radius 2 is 1.50 bits per heavy atom. The normalized spacial score (nSPS) is 10.2. The minimum Gasteiger partial charge on any atom is -0.226 e. The van der Waals surface area contributed by atoms with Gasteiger partial charge in [0.2, 0.25) is 0 Å². The second-order valence-electron chi connectivity index (χ2n) is 4.55. The first-order chi connectivity index (χ1) is 10.7. The monoisotopic (exact) mass is 325 g/mol. The maximum Gasteiger partial charge on any atom is 0.161 e. The number of rotatable bonds is 2. The lowest BCUT2D eigenvalue weighted by molar-refractivity contribution is 1.16. The first kappa shape index (κ1) is 14.5. The molecule has 3 aromatic rings. The van der Waals surface area contributed by atoms with Gasteiger partial charge in [0.15, 0.2) is 11.0 Å². The van der Waals surface area contributed by atoms with Crippen molar-refractivity contribution < 1.29 is 0 Å². The van der Waals surface area contributed by atoms with E-state index in [2.05, 4.69) is 16.0 Å². The van der Waals surface area contributed by atoms with E-state index in [1.54, 1.807) is 24.3 Å². The summed E-state index contributed by atoms with van der Waals surface area (Å²) in [5.74, 6) is 0.481. The second kappa shape index (κ2) is 6.15. The van der Waals surface area contributed by atoms with E-state index in [1.165, 1.54) is 0 Å². The molecular formula is C17H9Cl2N3. The molecule has 0 saturated carbocycles. The van der Waals surface area contributed by atoms with Gasteiger partial charge in [0.25, 0.3) is 0 Å². The van der Waals surface area contributed by atoms with Gasteiger partial charge in [0.05, 0.1) is 5.69 Å². The fraction of sp³-hybridized carbons (Fsp3) is 0. The van der Waals surface area contributed by atoms with Gasteiger partial charge in [-0.1, -0.05) is 65.7 Å². The maximum atomic E-state index is 9.34. The fourth-order valence-corrected chi connectivity index (χ4v) is 2.40. The van der Waals surface area contributed by atoms with Crippen molar-refractivity contribution in [2.24, 2.45) is 0 Å². The van der Waals surface area contributed by atoms with Crippen LogP contribution in [0, 0.1) is 11.3 Å². The van der Waals surface area contributed by atoms with Gasteiger partial charge < -0.3 is 0 Å². The smallest absolute Gasteiger partial charge is 0.161 e. The molecule has 0 amide bonds. The molecule has 5 heteroatoms. The second-order valence-corrected chi connectivity index (χ2v) is 5.34. The molecule has 3 rings (SSSR count). The highest BCUT2D eigenvalue weighted by Crippen LogP contribution is 2.29. The van der Waals surface area contributed by atoms with Crippen LogP contribution < -0.4 is 0 Å². The van der Waals surface area contributed by atoms with Crippen LogP contribution in [0.3, 0.4) is 0 Å². The number of benzene rings is 2. The molecule has 0 unspecified atom stereocenters. The van der Waals surface area contributed by atoms with E-state index in [4.69, 9.17) is 23.2 Å². The summed E-state index contributed by atoms with van der Waals surface area (Å²) in [5.41, 5.74) is 2.35. The van der Waals surface area contributed by atoms with Crippen LogP contribution in [0.25, 0.3) is 22.6 Å². The largest absolute Gasteiger partial charge is 0.226 e. The molecule has 1 aromatic heterocycles. The van der Waals surface area contributed by atoms with Crippen LogP contribution in [0.2, 0.25) is 10.2 Å². The summed E-state index contributed by atoms with van der Waals surface area (Å²) in [4.78, 5) is 8.74. The third-order valence-corrected chi connectivity index (χ3v) is 3.65. The van der Waals surface area contributed by atoms with Crippen molar-refractivity contribution >= 4 is 23.2 Å². The van der Waals surface area contributed by atoms with Crippen LogP contribution in [0.4, 0.5) is 0 Å². The zero-order valence-electron chi connectivity index (χ0n) is 11.3. The maximum absolute atomic E-state index is 9.34. The number of aromatic nitrogens is 2. The molecule has 0 aliphatic heterocycles. The minimum atomic E-state index is 0.140. The third-order valence-electron chi connectivity index (χ3n) is 3.13. The Morgan fingerprint density at radius 1 is 0.818 bits per heavy atom. The predicted molar refractivity (Wildman–Crippen MR) is 87.6 cm³/mol. The molecule has 2 aromatic carbocycles. The molecule has 0 saturated heterocycles. The highest BCUT2D eigenvalue weighted by molar-refractivity contribution is 6.31. The fourth-order valence-electron chi connectivity index (χ4n) is 2.07. The Bertz CT molecular complexity index is 854. The molecule has 3 nitrogen and oxygen atoms in total. The quantitative estimate of drug-likeness (QED) is 0.623. The predicted octanol–water partition coefficient (Wildman–Crippen LogP) is 4.99. The topological polar surface area (TPSA) is 49.6 Å². The lowest BCUT2D eigenvalue weighted by atomic mass is 10.1. The van der Waals surface area contributed by atoms with Crippen molar-refractivity contribution in [3.8, 4) is 28.7 Å². The van der Waals surface area contributed by atoms with Crippen molar-refractivity contribution in [1.82, 2.24) is 9.97 Å². The lowest BCUT2D eigenvalue weighted by Crippen LogP contribution is -1.98. The van der Waals surface area contributed by atoms with Crippen molar-refractivity contribution in [2.75, 3.05) is 0 Å². The van der Waals surface area contributed by atoms with E-state index in [0.29, 0.717) is 16.5 Å². The highest BCUT2D eigenvalue weighted by atomic mass is 35.5. The van der Waals surface area contributed by atoms with Crippen molar-refractivity contribution in [2.45, 2.75) is 0 Å². The molecule has 0 radical (unpaired) electrons. The van der Waals surface area contributed by atoms with E-state index in [9.17, 15) is 5.26 Å². The molecule has 0 aliphatic rings. The van der Waals surface area contributed by atoms with Crippen molar-refractivity contribution in [1.29, 1.82) is 5.26 Å². The van der Waals surface area contributed by atoms with E-state index >= 15 is 0 Å². The summed E-state index contributed by atoms with van der Waals surface area (Å²) in [6.45, 7) is 0. The van der Waals surface area contributed by atoms with E-state index < -0.39 is 0 Å². The summed E-state index contributed by atoms with van der Waals surface area (Å²) in [6.07, 6.45) is 0. The van der Waals surface area contributed by atoms with Gasteiger partial charge in [-0.2, -0.15) is 5.26 Å². The van der Waals surface area contributed by atoms with Gasteiger partial charge in [-0.05, 0) is 12.1 Å². The van der Waals surface area contributed by atoms with Crippen LogP contribution in [0.15, 0.2) is 54.6 Å². The first-order valence-electron chi connectivity index (χ1n) is 6.48. The Morgan fingerprint density at radius 3 is 2.14 bits per heavy atom. The lowest BCUT2D eigenvalue weighted by Gasteiger charge is -2.08. The molecule has 22 heavy (non-hydrogen) atoms. The summed E-state index contributed by atoms with van der Waals surface area (Å²) < 4.78 is 0. The van der Waals surface area contributed by atoms with Gasteiger partial charge in [0.1, 0.15) is 11.6 Å². The minimum absolute atomic E-state index is 0.140. The summed E-state index contributed by atoms with van der Waals surface area (Å²) >= 11 is 12.1. The number of nitrogens with zero attached hydrogens (tertiary/aromatic N) is 3. The molecule has 0 fully saturated rings. The highest BCUT2D eigenvalue weighted by Gasteiger charge is 2.15. The Balaban J connectivity index is 2.22. The number of nitriles is 1. The molecular weight excluding hydrogens is 317 g/mol. The van der Waals surface area contributed by atoms with Crippen LogP contribution in [0.5, 0.6) is 0 Å². The van der Waals surface area contributed by atoms with E-state index in [1.807, 2.05) is 30.3 Å². The van der Waals surface area contributed by atoms with Gasteiger partial charge in [-0.3, -0.25) is 0 Å². The average molecular weight is 326 g/mol. The van der Waals surface area contributed by atoms with Crippen LogP contribution in [-0.4, -0.2) is 9.97 Å². The SMILES string of the molecule is N#Cc1c(Cl)nc(-c2ccccc2)nc1-c1ccc(Cl)cc1. The Labute approximate surface area is 137 Å². The zero-order valence-corrected chi connectivity index (χ0v) is 12.8. The molecule has 1 heterocycles. The number of hydrogen-bond donors (Lipinski definition) is 0. The summed E-state index contributed by atoms with van der Waals surface area (Å²) in [5, 5.41) is 10.1. The van der Waals surface area contributed by atoms with E-state index in [-0.39, 0.29) is 10.7 Å². The Hall–Kier alpha value is -2.41. The summed E-state index contributed by atoms with van der Waals surface area (Å²) in [6, 6.07) is 18.6. The first-order valence-corrected chi connectivity index (χ1v) is 7.23. The van der Waals surface area contributed by atoms with Gasteiger partial charge in [0, 0.05) is 16.1 Å². The molecule has 0 N–H and O–H groups in total. The molecule has 0 atom stereocenters. The van der Waals surface area contributed by atoms with Gasteiger partial charge in [-0.25, -0.2) is 9.97 Å². The molecule has 0 spiro atoms. The summed E-state index contributed by atoms with van der Waals surface area (Å²) in [7, 11) is 0. The number of halogens is 2. The van der Waals surface area contributed by atoms with Crippen LogP contribution in [-0.2, 0) is 0 Å². The van der Waals surface area contributed by atoms with Crippen molar-refractivity contribution in [3.63, 3.8) is 0 Å². The van der Waals surface area contributed by atoms with Gasteiger partial charge >= 0.3 is 0 Å². The standard InChI is InChI=1S/C17H9Cl2N3/c18-13-8-6-11(7-9-13)15-14(10-20)16(19)22-17(21-15)12-4-2-1-3-5-12/h1-9H. The molecule has 106 valence electrons. The van der Waals surface area contributed by atoms with E-state index in [0.717, 1.165) is 11.1 Å². The Kier molecular flexibility index (Phi) is 4.06. The average Bonchev–Trinajstić information content (AvgIpc) is 2.55. The number of hydrogen-bond acceptors (Lipinski definition) is 3. The molecule has 0 bridgehead atoms. The third kappa shape index (κ3) is 2.80. The van der Waals surface area contributed by atoms with Crippen molar-refractivity contribution in [3.05, 3.63) is 70.3 Å².